The van der Waals surface area contributed by atoms with Crippen molar-refractivity contribution in [3.8, 4) is 0 Å². The molecule has 1 aromatic carbocycles. The molecule has 112 valence electrons. The average Bonchev–Trinajstić information content (AvgIpc) is 2.93. The van der Waals surface area contributed by atoms with Gasteiger partial charge in [-0.3, -0.25) is 15.0 Å². The van der Waals surface area contributed by atoms with Gasteiger partial charge in [-0.2, -0.15) is 0 Å². The quantitative estimate of drug-likeness (QED) is 0.625. The SMILES string of the molecule is CCNc1c(CN(C)Cc2ccco2)cccc1[N+](=O)[O-]. The molecule has 0 aliphatic heterocycles. The molecule has 0 saturated carbocycles. The van der Waals surface area contributed by atoms with Gasteiger partial charge >= 0.3 is 0 Å². The summed E-state index contributed by atoms with van der Waals surface area (Å²) in [5, 5.41) is 14.2. The van der Waals surface area contributed by atoms with Gasteiger partial charge in [-0.1, -0.05) is 12.1 Å². The average molecular weight is 289 g/mol. The first-order valence-electron chi connectivity index (χ1n) is 6.83. The Labute approximate surface area is 123 Å². The second-order valence-corrected chi connectivity index (χ2v) is 4.85. The molecule has 6 heteroatoms. The number of benzene rings is 1. The zero-order chi connectivity index (χ0) is 15.2. The number of nitrogens with one attached hydrogen (secondary N) is 1. The van der Waals surface area contributed by atoms with Crippen LogP contribution in [-0.2, 0) is 13.1 Å². The Morgan fingerprint density at radius 1 is 1.29 bits per heavy atom. The minimum absolute atomic E-state index is 0.112. The van der Waals surface area contributed by atoms with Gasteiger partial charge in [-0.25, -0.2) is 0 Å². The molecule has 0 saturated heterocycles. The predicted octanol–water partition coefficient (Wildman–Crippen LogP) is 3.25. The second kappa shape index (κ2) is 6.90. The highest BCUT2D eigenvalue weighted by Gasteiger charge is 2.17. The first-order valence-corrected chi connectivity index (χ1v) is 6.83. The Bertz CT molecular complexity index is 596. The van der Waals surface area contributed by atoms with Crippen LogP contribution in [0, 0.1) is 10.1 Å². The van der Waals surface area contributed by atoms with Crippen LogP contribution in [0.25, 0.3) is 0 Å². The molecule has 0 unspecified atom stereocenters. The summed E-state index contributed by atoms with van der Waals surface area (Å²) in [5.41, 5.74) is 1.61. The standard InChI is InChI=1S/C15H19N3O3/c1-3-16-15-12(6-4-8-14(15)18(19)20)10-17(2)11-13-7-5-9-21-13/h4-9,16H,3,10-11H2,1-2H3. The zero-order valence-electron chi connectivity index (χ0n) is 12.2. The van der Waals surface area contributed by atoms with Crippen LogP contribution in [0.2, 0.25) is 0 Å². The lowest BCUT2D eigenvalue weighted by atomic mass is 10.1. The van der Waals surface area contributed by atoms with E-state index in [4.69, 9.17) is 4.42 Å². The van der Waals surface area contributed by atoms with Crippen molar-refractivity contribution in [2.45, 2.75) is 20.0 Å². The van der Waals surface area contributed by atoms with E-state index in [0.29, 0.717) is 25.3 Å². The van der Waals surface area contributed by atoms with Crippen molar-refractivity contribution in [1.29, 1.82) is 0 Å². The summed E-state index contributed by atoms with van der Waals surface area (Å²) in [6, 6.07) is 8.91. The zero-order valence-corrected chi connectivity index (χ0v) is 12.2. The van der Waals surface area contributed by atoms with Crippen molar-refractivity contribution in [2.24, 2.45) is 0 Å². The minimum atomic E-state index is -0.353. The largest absolute Gasteiger partial charge is 0.468 e. The van der Waals surface area contributed by atoms with Crippen molar-refractivity contribution < 1.29 is 9.34 Å². The smallest absolute Gasteiger partial charge is 0.292 e. The first-order chi connectivity index (χ1) is 10.1. The van der Waals surface area contributed by atoms with E-state index in [1.54, 1.807) is 12.3 Å². The van der Waals surface area contributed by atoms with Gasteiger partial charge in [-0.05, 0) is 31.7 Å². The number of nitro groups is 1. The number of anilines is 1. The van der Waals surface area contributed by atoms with Crippen LogP contribution in [0.5, 0.6) is 0 Å². The molecule has 0 atom stereocenters. The van der Waals surface area contributed by atoms with Crippen molar-refractivity contribution in [3.05, 3.63) is 58.0 Å². The highest BCUT2D eigenvalue weighted by atomic mass is 16.6. The fraction of sp³-hybridized carbons (Fsp3) is 0.333. The van der Waals surface area contributed by atoms with E-state index in [2.05, 4.69) is 10.2 Å². The van der Waals surface area contributed by atoms with Gasteiger partial charge < -0.3 is 9.73 Å². The van der Waals surface area contributed by atoms with E-state index >= 15 is 0 Å². The highest BCUT2D eigenvalue weighted by Crippen LogP contribution is 2.29. The van der Waals surface area contributed by atoms with E-state index in [1.165, 1.54) is 6.07 Å². The summed E-state index contributed by atoms with van der Waals surface area (Å²) in [7, 11) is 1.96. The van der Waals surface area contributed by atoms with Crippen LogP contribution in [0.1, 0.15) is 18.2 Å². The summed E-state index contributed by atoms with van der Waals surface area (Å²) in [4.78, 5) is 12.8. The van der Waals surface area contributed by atoms with E-state index in [0.717, 1.165) is 11.3 Å². The number of nitrogens with zero attached hydrogens (tertiary/aromatic N) is 2. The molecule has 0 bridgehead atoms. The number of furan rings is 1. The summed E-state index contributed by atoms with van der Waals surface area (Å²) in [5.74, 6) is 0.868. The van der Waals surface area contributed by atoms with Crippen LogP contribution >= 0.6 is 0 Å². The third-order valence-corrected chi connectivity index (χ3v) is 3.13. The number of rotatable bonds is 7. The molecular weight excluding hydrogens is 270 g/mol. The molecule has 0 fully saturated rings. The monoisotopic (exact) mass is 289 g/mol. The minimum Gasteiger partial charge on any atom is -0.468 e. The Balaban J connectivity index is 2.18. The molecule has 2 rings (SSSR count). The lowest BCUT2D eigenvalue weighted by Crippen LogP contribution is -2.18. The Hall–Kier alpha value is -2.34. The van der Waals surface area contributed by atoms with Crippen LogP contribution < -0.4 is 5.32 Å². The molecule has 2 aromatic rings. The van der Waals surface area contributed by atoms with Crippen molar-refractivity contribution >= 4 is 11.4 Å². The van der Waals surface area contributed by atoms with E-state index in [-0.39, 0.29) is 10.6 Å². The van der Waals surface area contributed by atoms with Gasteiger partial charge in [-0.15, -0.1) is 0 Å². The Kier molecular flexibility index (Phi) is 4.94. The van der Waals surface area contributed by atoms with Crippen LogP contribution in [0.4, 0.5) is 11.4 Å². The topological polar surface area (TPSA) is 71.5 Å². The molecule has 21 heavy (non-hydrogen) atoms. The van der Waals surface area contributed by atoms with Gasteiger partial charge in [0, 0.05) is 19.2 Å². The molecule has 1 N–H and O–H groups in total. The van der Waals surface area contributed by atoms with E-state index in [9.17, 15) is 10.1 Å². The molecule has 0 aliphatic rings. The van der Waals surface area contributed by atoms with E-state index < -0.39 is 0 Å². The van der Waals surface area contributed by atoms with Gasteiger partial charge in [0.05, 0.1) is 17.7 Å². The fourth-order valence-electron chi connectivity index (χ4n) is 2.27. The maximum absolute atomic E-state index is 11.1. The lowest BCUT2D eigenvalue weighted by Gasteiger charge is -2.18. The molecular formula is C15H19N3O3. The normalized spacial score (nSPS) is 10.8. The molecule has 1 heterocycles. The number of para-hydroxylation sites is 1. The Morgan fingerprint density at radius 3 is 2.71 bits per heavy atom. The third kappa shape index (κ3) is 3.82. The molecule has 0 spiro atoms. The summed E-state index contributed by atoms with van der Waals surface area (Å²) < 4.78 is 5.32. The van der Waals surface area contributed by atoms with Crippen LogP contribution in [0.15, 0.2) is 41.0 Å². The van der Waals surface area contributed by atoms with Crippen LogP contribution in [-0.4, -0.2) is 23.4 Å². The molecule has 0 aliphatic carbocycles. The van der Waals surface area contributed by atoms with Crippen molar-refractivity contribution in [1.82, 2.24) is 4.90 Å². The summed E-state index contributed by atoms with van der Waals surface area (Å²) in [6.45, 7) is 3.82. The van der Waals surface area contributed by atoms with Crippen molar-refractivity contribution in [3.63, 3.8) is 0 Å². The van der Waals surface area contributed by atoms with Gasteiger partial charge in [0.1, 0.15) is 11.4 Å². The number of nitro benzene ring substituents is 1. The van der Waals surface area contributed by atoms with Gasteiger partial charge in [0.2, 0.25) is 0 Å². The predicted molar refractivity (Wildman–Crippen MR) is 81.1 cm³/mol. The molecule has 6 nitrogen and oxygen atoms in total. The maximum atomic E-state index is 11.1. The number of hydrogen-bond donors (Lipinski definition) is 1. The second-order valence-electron chi connectivity index (χ2n) is 4.85. The van der Waals surface area contributed by atoms with E-state index in [1.807, 2.05) is 32.2 Å². The van der Waals surface area contributed by atoms with Crippen LogP contribution in [0.3, 0.4) is 0 Å². The lowest BCUT2D eigenvalue weighted by molar-refractivity contribution is -0.384. The fourth-order valence-corrected chi connectivity index (χ4v) is 2.27. The number of hydrogen-bond acceptors (Lipinski definition) is 5. The third-order valence-electron chi connectivity index (χ3n) is 3.13. The Morgan fingerprint density at radius 2 is 2.10 bits per heavy atom. The molecule has 1 aromatic heterocycles. The summed E-state index contributed by atoms with van der Waals surface area (Å²) >= 11 is 0. The van der Waals surface area contributed by atoms with Gasteiger partial charge in [0.15, 0.2) is 0 Å². The maximum Gasteiger partial charge on any atom is 0.292 e. The first kappa shape index (κ1) is 15.1. The summed E-state index contributed by atoms with van der Waals surface area (Å²) in [6.07, 6.45) is 1.64. The van der Waals surface area contributed by atoms with Gasteiger partial charge in [0.25, 0.3) is 5.69 Å². The molecule has 0 radical (unpaired) electrons. The van der Waals surface area contributed by atoms with Crippen molar-refractivity contribution in [2.75, 3.05) is 18.9 Å². The highest BCUT2D eigenvalue weighted by molar-refractivity contribution is 5.66. The molecule has 0 amide bonds.